The summed E-state index contributed by atoms with van der Waals surface area (Å²) in [6, 6.07) is 11.7. The van der Waals surface area contributed by atoms with E-state index in [1.54, 1.807) is 35.0 Å². The van der Waals surface area contributed by atoms with Crippen LogP contribution in [0.5, 0.6) is 0 Å². The van der Waals surface area contributed by atoms with Gasteiger partial charge in [0.1, 0.15) is 18.0 Å². The van der Waals surface area contributed by atoms with Crippen LogP contribution in [0.2, 0.25) is 0 Å². The Morgan fingerprint density at radius 3 is 2.55 bits per heavy atom. The van der Waals surface area contributed by atoms with Crippen molar-refractivity contribution in [1.29, 1.82) is 0 Å². The Hall–Kier alpha value is -5.56. The topological polar surface area (TPSA) is 202 Å². The number of piperidine rings is 1. The number of hydrogen-bond donors (Lipinski definition) is 5. The van der Waals surface area contributed by atoms with Gasteiger partial charge < -0.3 is 35.5 Å². The second kappa shape index (κ2) is 17.9. The molecule has 2 aromatic heterocycles. The molecule has 2 fully saturated rings. The summed E-state index contributed by atoms with van der Waals surface area (Å²) in [5.41, 5.74) is 5.33. The van der Waals surface area contributed by atoms with Crippen molar-refractivity contribution in [2.75, 3.05) is 68.7 Å². The lowest BCUT2D eigenvalue weighted by atomic mass is 10.0. The Morgan fingerprint density at radius 1 is 0.946 bits per heavy atom. The molecule has 1 saturated carbocycles. The Bertz CT molecular complexity index is 2110. The molecule has 56 heavy (non-hydrogen) atoms. The van der Waals surface area contributed by atoms with Crippen molar-refractivity contribution in [2.24, 2.45) is 0 Å². The van der Waals surface area contributed by atoms with Gasteiger partial charge in [0.15, 0.2) is 0 Å². The lowest BCUT2D eigenvalue weighted by Crippen LogP contribution is -2.54. The van der Waals surface area contributed by atoms with Gasteiger partial charge in [0, 0.05) is 42.6 Å². The molecule has 5 N–H and O–H groups in total. The van der Waals surface area contributed by atoms with E-state index in [1.807, 2.05) is 18.2 Å². The van der Waals surface area contributed by atoms with Crippen molar-refractivity contribution < 1.29 is 42.6 Å². The Balaban J connectivity index is 0.756. The summed E-state index contributed by atoms with van der Waals surface area (Å²) < 4.78 is 32.1. The first-order valence-corrected chi connectivity index (χ1v) is 19.2. The van der Waals surface area contributed by atoms with E-state index in [0.29, 0.717) is 29.3 Å². The summed E-state index contributed by atoms with van der Waals surface area (Å²) >= 11 is 1.55. The quantitative estimate of drug-likeness (QED) is 0.0643. The summed E-state index contributed by atoms with van der Waals surface area (Å²) in [5, 5.41) is 14.6. The maximum absolute atomic E-state index is 14.6. The van der Waals surface area contributed by atoms with Crippen LogP contribution in [0.15, 0.2) is 54.2 Å². The van der Waals surface area contributed by atoms with Crippen molar-refractivity contribution >= 4 is 74.0 Å². The summed E-state index contributed by atoms with van der Waals surface area (Å²) in [6.45, 7) is 1.08. The zero-order valence-corrected chi connectivity index (χ0v) is 31.1. The minimum atomic E-state index is -1.43. The van der Waals surface area contributed by atoms with Gasteiger partial charge in [0.2, 0.25) is 11.8 Å². The van der Waals surface area contributed by atoms with Gasteiger partial charge in [-0.15, -0.1) is 11.3 Å². The van der Waals surface area contributed by atoms with Crippen LogP contribution in [0.3, 0.4) is 0 Å². The second-order valence-corrected chi connectivity index (χ2v) is 14.3. The third-order valence-corrected chi connectivity index (χ3v) is 10.0. The smallest absolute Gasteiger partial charge is 0.264 e. The third-order valence-electron chi connectivity index (χ3n) is 9.25. The van der Waals surface area contributed by atoms with Crippen molar-refractivity contribution in [3.05, 3.63) is 70.9 Å². The maximum atomic E-state index is 14.6. The Labute approximate surface area is 324 Å². The number of fused-ring (bicyclic) bond motifs is 2. The highest BCUT2D eigenvalue weighted by Gasteiger charge is 2.45. The second-order valence-electron chi connectivity index (χ2n) is 13.4. The molecule has 0 spiro atoms. The number of hydrogen-bond acceptors (Lipinski definition) is 14. The SMILES string of the molecule is O=C1CCC(N2C(=O)c3cccc(NCCOCCOCCOCC(F)CNC(=O)c4cnc(Nc5ccc6ncsc6c5)cc4NC4CC4)c3C2=O)C(=O)N1. The van der Waals surface area contributed by atoms with Gasteiger partial charge in [0.25, 0.3) is 17.7 Å². The number of carbonyl (C=O) groups is 5. The molecule has 3 aliphatic rings. The molecule has 1 saturated heterocycles. The molecule has 4 heterocycles. The average Bonchev–Trinajstić information content (AvgIpc) is 3.81. The summed E-state index contributed by atoms with van der Waals surface area (Å²) in [7, 11) is 0. The number of rotatable bonds is 20. The number of halogens is 1. The highest BCUT2D eigenvalue weighted by molar-refractivity contribution is 7.16. The fourth-order valence-electron chi connectivity index (χ4n) is 6.28. The van der Waals surface area contributed by atoms with Gasteiger partial charge in [-0.05, 0) is 49.6 Å². The van der Waals surface area contributed by atoms with E-state index in [0.717, 1.165) is 33.6 Å². The molecule has 7 rings (SSSR count). The lowest BCUT2D eigenvalue weighted by molar-refractivity contribution is -0.136. The number of nitrogens with one attached hydrogen (secondary N) is 5. The molecule has 5 amide bonds. The van der Waals surface area contributed by atoms with Crippen LogP contribution < -0.4 is 26.6 Å². The van der Waals surface area contributed by atoms with E-state index < -0.39 is 41.7 Å². The summed E-state index contributed by atoms with van der Waals surface area (Å²) in [5.74, 6) is -2.13. The van der Waals surface area contributed by atoms with Crippen LogP contribution in [0, 0.1) is 0 Å². The van der Waals surface area contributed by atoms with Gasteiger partial charge in [-0.2, -0.15) is 0 Å². The van der Waals surface area contributed by atoms with E-state index in [1.165, 1.54) is 12.3 Å². The molecule has 2 aliphatic heterocycles. The van der Waals surface area contributed by atoms with Gasteiger partial charge in [-0.25, -0.2) is 14.4 Å². The molecule has 294 valence electrons. The number of aromatic nitrogens is 2. The highest BCUT2D eigenvalue weighted by Crippen LogP contribution is 2.33. The van der Waals surface area contributed by atoms with E-state index in [2.05, 4.69) is 36.6 Å². The average molecular weight is 789 g/mol. The lowest BCUT2D eigenvalue weighted by Gasteiger charge is -2.27. The fraction of sp³-hybridized carbons (Fsp3) is 0.395. The van der Waals surface area contributed by atoms with Crippen LogP contribution in [-0.4, -0.2) is 115 Å². The number of benzene rings is 2. The van der Waals surface area contributed by atoms with Crippen LogP contribution in [0.25, 0.3) is 10.2 Å². The number of thiazole rings is 1. The van der Waals surface area contributed by atoms with Crippen LogP contribution in [0.1, 0.15) is 56.8 Å². The number of amides is 5. The molecule has 2 atom stereocenters. The van der Waals surface area contributed by atoms with Gasteiger partial charge >= 0.3 is 0 Å². The molecular weight excluding hydrogens is 748 g/mol. The van der Waals surface area contributed by atoms with E-state index >= 15 is 0 Å². The minimum Gasteiger partial charge on any atom is -0.382 e. The first-order valence-electron chi connectivity index (χ1n) is 18.4. The Kier molecular flexibility index (Phi) is 12.4. The summed E-state index contributed by atoms with van der Waals surface area (Å²) in [6.07, 6.45) is 2.20. The van der Waals surface area contributed by atoms with Crippen molar-refractivity contribution in [3.63, 3.8) is 0 Å². The number of nitrogens with zero attached hydrogens (tertiary/aromatic N) is 3. The highest BCUT2D eigenvalue weighted by atomic mass is 32.1. The molecule has 0 radical (unpaired) electrons. The zero-order chi connectivity index (χ0) is 39.0. The number of alkyl halides is 1. The van der Waals surface area contributed by atoms with Crippen LogP contribution in [-0.2, 0) is 23.8 Å². The molecule has 1 aliphatic carbocycles. The predicted molar refractivity (Wildman–Crippen MR) is 205 cm³/mol. The Morgan fingerprint density at radius 2 is 1.75 bits per heavy atom. The molecule has 2 aromatic carbocycles. The van der Waals surface area contributed by atoms with Crippen molar-refractivity contribution in [3.8, 4) is 0 Å². The number of imide groups is 2. The van der Waals surface area contributed by atoms with Crippen molar-refractivity contribution in [1.82, 2.24) is 25.5 Å². The van der Waals surface area contributed by atoms with E-state index in [4.69, 9.17) is 14.2 Å². The molecule has 16 nitrogen and oxygen atoms in total. The maximum Gasteiger partial charge on any atom is 0.264 e. The zero-order valence-electron chi connectivity index (χ0n) is 30.3. The molecule has 0 bridgehead atoms. The summed E-state index contributed by atoms with van der Waals surface area (Å²) in [4.78, 5) is 72.7. The first kappa shape index (κ1) is 38.7. The van der Waals surface area contributed by atoms with Crippen LogP contribution >= 0.6 is 11.3 Å². The number of ether oxygens (including phenoxy) is 3. The van der Waals surface area contributed by atoms with Gasteiger partial charge in [0.05, 0.1) is 84.3 Å². The largest absolute Gasteiger partial charge is 0.382 e. The van der Waals surface area contributed by atoms with Gasteiger partial charge in [-0.3, -0.25) is 34.2 Å². The third kappa shape index (κ3) is 9.44. The van der Waals surface area contributed by atoms with Gasteiger partial charge in [-0.1, -0.05) is 6.07 Å². The minimum absolute atomic E-state index is 0.0452. The number of carbonyl (C=O) groups excluding carboxylic acids is 5. The molecular formula is C38H41FN8O8S. The number of pyridine rings is 1. The normalized spacial score (nSPS) is 17.2. The van der Waals surface area contributed by atoms with Crippen molar-refractivity contribution in [2.45, 2.75) is 43.9 Å². The molecule has 4 aromatic rings. The van der Waals surface area contributed by atoms with E-state index in [-0.39, 0.29) is 76.2 Å². The molecule has 2 unspecified atom stereocenters. The molecule has 18 heteroatoms. The predicted octanol–water partition coefficient (Wildman–Crippen LogP) is 3.64. The van der Waals surface area contributed by atoms with Crippen LogP contribution in [0.4, 0.5) is 27.3 Å². The monoisotopic (exact) mass is 788 g/mol. The number of anilines is 4. The fourth-order valence-corrected chi connectivity index (χ4v) is 7.00. The first-order chi connectivity index (χ1) is 27.2. The van der Waals surface area contributed by atoms with E-state index in [9.17, 15) is 28.4 Å². The standard InChI is InChI=1S/C38H41FN8O8S/c39-22(18-42-35(49)26-19-41-32(17-29(26)44-23-4-5-23)45-24-6-7-27-31(16-24)56-21-43-27)20-55-15-14-54-13-12-53-11-10-40-28-3-1-2-25-34(28)38(52)47(37(25)51)30-8-9-33(48)46-36(30)50/h1-3,6-7,16-17,19,21-23,30,40H,4-5,8-15,18,20H2,(H,42,49)(H2,41,44,45)(H,46,48,50).